The molecule has 3 rings (SSSR count). The van der Waals surface area contributed by atoms with Gasteiger partial charge in [0.25, 0.3) is 0 Å². The van der Waals surface area contributed by atoms with Crippen LogP contribution in [0.4, 0.5) is 18.9 Å². The largest absolute Gasteiger partial charge is 0.416 e. The SMILES string of the molecule is Cl.O=C(Nc1cnn(-c2ccc(C(F)(F)F)cc2)c1)C1CCNCC1. The van der Waals surface area contributed by atoms with E-state index in [1.807, 2.05) is 0 Å². The number of carbonyl (C=O) groups is 1. The lowest BCUT2D eigenvalue weighted by molar-refractivity contribution is -0.137. The fourth-order valence-corrected chi connectivity index (χ4v) is 2.66. The zero-order valence-electron chi connectivity index (χ0n) is 13.2. The summed E-state index contributed by atoms with van der Waals surface area (Å²) in [5, 5.41) is 10.1. The third-order valence-electron chi connectivity index (χ3n) is 4.02. The van der Waals surface area contributed by atoms with Crippen LogP contribution in [-0.4, -0.2) is 28.8 Å². The predicted molar refractivity (Wildman–Crippen MR) is 90.0 cm³/mol. The molecule has 5 nitrogen and oxygen atoms in total. The smallest absolute Gasteiger partial charge is 0.323 e. The van der Waals surface area contributed by atoms with E-state index in [1.54, 1.807) is 6.20 Å². The lowest BCUT2D eigenvalue weighted by Gasteiger charge is -2.21. The Morgan fingerprint density at radius 3 is 2.44 bits per heavy atom. The third-order valence-corrected chi connectivity index (χ3v) is 4.02. The average Bonchev–Trinajstić information content (AvgIpc) is 3.03. The summed E-state index contributed by atoms with van der Waals surface area (Å²) in [7, 11) is 0. The van der Waals surface area contributed by atoms with E-state index in [0.29, 0.717) is 11.4 Å². The highest BCUT2D eigenvalue weighted by atomic mass is 35.5. The molecule has 25 heavy (non-hydrogen) atoms. The summed E-state index contributed by atoms with van der Waals surface area (Å²) < 4.78 is 39.1. The quantitative estimate of drug-likeness (QED) is 0.867. The molecule has 2 aromatic rings. The highest BCUT2D eigenvalue weighted by Crippen LogP contribution is 2.29. The van der Waals surface area contributed by atoms with Gasteiger partial charge in [-0.1, -0.05) is 0 Å². The van der Waals surface area contributed by atoms with E-state index in [-0.39, 0.29) is 24.2 Å². The van der Waals surface area contributed by atoms with Crippen molar-refractivity contribution in [1.29, 1.82) is 0 Å². The first-order chi connectivity index (χ1) is 11.4. The topological polar surface area (TPSA) is 59.0 Å². The van der Waals surface area contributed by atoms with Gasteiger partial charge in [0.2, 0.25) is 5.91 Å². The molecular formula is C16H18ClF3N4O. The van der Waals surface area contributed by atoms with Crippen molar-refractivity contribution in [3.8, 4) is 5.69 Å². The Morgan fingerprint density at radius 1 is 1.20 bits per heavy atom. The second-order valence-corrected chi connectivity index (χ2v) is 5.73. The van der Waals surface area contributed by atoms with Gasteiger partial charge in [0.1, 0.15) is 0 Å². The zero-order valence-corrected chi connectivity index (χ0v) is 14.0. The van der Waals surface area contributed by atoms with Crippen LogP contribution in [-0.2, 0) is 11.0 Å². The number of nitrogens with one attached hydrogen (secondary N) is 2. The van der Waals surface area contributed by atoms with Crippen LogP contribution in [0, 0.1) is 5.92 Å². The lowest BCUT2D eigenvalue weighted by Crippen LogP contribution is -2.34. The van der Waals surface area contributed by atoms with E-state index in [9.17, 15) is 18.0 Å². The second kappa shape index (κ2) is 7.88. The minimum atomic E-state index is -4.36. The summed E-state index contributed by atoms with van der Waals surface area (Å²) >= 11 is 0. The van der Waals surface area contributed by atoms with Gasteiger partial charge >= 0.3 is 6.18 Å². The molecule has 9 heteroatoms. The molecule has 0 radical (unpaired) electrons. The number of hydrogen-bond donors (Lipinski definition) is 2. The van der Waals surface area contributed by atoms with Gasteiger partial charge in [0.15, 0.2) is 0 Å². The van der Waals surface area contributed by atoms with Crippen molar-refractivity contribution >= 4 is 24.0 Å². The fourth-order valence-electron chi connectivity index (χ4n) is 2.66. The van der Waals surface area contributed by atoms with Crippen molar-refractivity contribution in [2.24, 2.45) is 5.92 Å². The van der Waals surface area contributed by atoms with Gasteiger partial charge in [-0.3, -0.25) is 4.79 Å². The second-order valence-electron chi connectivity index (χ2n) is 5.73. The Balaban J connectivity index is 0.00000225. The van der Waals surface area contributed by atoms with Gasteiger partial charge in [-0.25, -0.2) is 4.68 Å². The summed E-state index contributed by atoms with van der Waals surface area (Å²) in [6, 6.07) is 4.69. The van der Waals surface area contributed by atoms with Crippen molar-refractivity contribution in [3.63, 3.8) is 0 Å². The predicted octanol–water partition coefficient (Wildman–Crippen LogP) is 3.25. The molecule has 1 aliphatic heterocycles. The Bertz CT molecular complexity index is 709. The van der Waals surface area contributed by atoms with Crippen LogP contribution in [0.25, 0.3) is 5.69 Å². The van der Waals surface area contributed by atoms with Gasteiger partial charge in [0, 0.05) is 5.92 Å². The molecule has 136 valence electrons. The number of halogens is 4. The highest BCUT2D eigenvalue weighted by molar-refractivity contribution is 5.92. The molecular weight excluding hydrogens is 357 g/mol. The first-order valence-corrected chi connectivity index (χ1v) is 7.67. The standard InChI is InChI=1S/C16H17F3N4O.ClH/c17-16(18,19)12-1-3-14(4-2-12)23-10-13(9-21-23)22-15(24)11-5-7-20-8-6-11;/h1-4,9-11,20H,5-8H2,(H,22,24);1H. The molecule has 1 aliphatic rings. The maximum Gasteiger partial charge on any atom is 0.416 e. The fraction of sp³-hybridized carbons (Fsp3) is 0.375. The Labute approximate surface area is 149 Å². The van der Waals surface area contributed by atoms with E-state index in [1.165, 1.54) is 23.0 Å². The first-order valence-electron chi connectivity index (χ1n) is 7.67. The van der Waals surface area contributed by atoms with E-state index < -0.39 is 11.7 Å². The molecule has 1 saturated heterocycles. The van der Waals surface area contributed by atoms with Crippen LogP contribution < -0.4 is 10.6 Å². The first kappa shape index (κ1) is 19.3. The molecule has 1 aromatic carbocycles. The average molecular weight is 375 g/mol. The van der Waals surface area contributed by atoms with Gasteiger partial charge in [-0.15, -0.1) is 12.4 Å². The highest BCUT2D eigenvalue weighted by Gasteiger charge is 2.30. The van der Waals surface area contributed by atoms with Crippen molar-refractivity contribution < 1.29 is 18.0 Å². The molecule has 1 fully saturated rings. The Kier molecular flexibility index (Phi) is 6.07. The number of rotatable bonds is 3. The Hall–Kier alpha value is -2.06. The third kappa shape index (κ3) is 4.73. The van der Waals surface area contributed by atoms with E-state index in [4.69, 9.17) is 0 Å². The number of anilines is 1. The maximum atomic E-state index is 12.6. The molecule has 0 spiro atoms. The van der Waals surface area contributed by atoms with Crippen LogP contribution in [0.15, 0.2) is 36.7 Å². The molecule has 0 saturated carbocycles. The summed E-state index contributed by atoms with van der Waals surface area (Å²) in [5.41, 5.74) is 0.307. The van der Waals surface area contributed by atoms with Gasteiger partial charge in [-0.2, -0.15) is 18.3 Å². The number of benzene rings is 1. The zero-order chi connectivity index (χ0) is 17.2. The number of alkyl halides is 3. The van der Waals surface area contributed by atoms with Gasteiger partial charge in [-0.05, 0) is 50.2 Å². The molecule has 2 N–H and O–H groups in total. The number of aromatic nitrogens is 2. The van der Waals surface area contributed by atoms with Crippen LogP contribution in [0.3, 0.4) is 0 Å². The van der Waals surface area contributed by atoms with Crippen molar-refractivity contribution in [3.05, 3.63) is 42.2 Å². The summed E-state index contributed by atoms with van der Waals surface area (Å²) in [6.45, 7) is 1.64. The summed E-state index contributed by atoms with van der Waals surface area (Å²) in [6.07, 6.45) is 0.284. The van der Waals surface area contributed by atoms with Crippen LogP contribution >= 0.6 is 12.4 Å². The van der Waals surface area contributed by atoms with Crippen LogP contribution in [0.5, 0.6) is 0 Å². The van der Waals surface area contributed by atoms with Gasteiger partial charge in [0.05, 0.1) is 29.3 Å². The molecule has 0 unspecified atom stereocenters. The minimum Gasteiger partial charge on any atom is -0.323 e. The van der Waals surface area contributed by atoms with Gasteiger partial charge < -0.3 is 10.6 Å². The number of piperidine rings is 1. The van der Waals surface area contributed by atoms with Crippen molar-refractivity contribution in [1.82, 2.24) is 15.1 Å². The van der Waals surface area contributed by atoms with Crippen LogP contribution in [0.2, 0.25) is 0 Å². The van der Waals surface area contributed by atoms with E-state index >= 15 is 0 Å². The maximum absolute atomic E-state index is 12.6. The minimum absolute atomic E-state index is 0. The Morgan fingerprint density at radius 2 is 1.84 bits per heavy atom. The van der Waals surface area contributed by atoms with Crippen molar-refractivity contribution in [2.75, 3.05) is 18.4 Å². The number of carbonyl (C=O) groups excluding carboxylic acids is 1. The summed E-state index contributed by atoms with van der Waals surface area (Å²) in [5.74, 6) is -0.0795. The summed E-state index contributed by atoms with van der Waals surface area (Å²) in [4.78, 5) is 12.2. The number of nitrogens with zero attached hydrogens (tertiary/aromatic N) is 2. The number of hydrogen-bond acceptors (Lipinski definition) is 3. The van der Waals surface area contributed by atoms with E-state index in [2.05, 4.69) is 15.7 Å². The normalized spacial score (nSPS) is 15.5. The lowest BCUT2D eigenvalue weighted by atomic mass is 9.97. The molecule has 0 bridgehead atoms. The molecule has 1 aromatic heterocycles. The van der Waals surface area contributed by atoms with Crippen molar-refractivity contribution in [2.45, 2.75) is 19.0 Å². The molecule has 0 atom stereocenters. The molecule has 2 heterocycles. The van der Waals surface area contributed by atoms with E-state index in [0.717, 1.165) is 38.1 Å². The van der Waals surface area contributed by atoms with Crippen LogP contribution in [0.1, 0.15) is 18.4 Å². The monoisotopic (exact) mass is 374 g/mol. The number of amides is 1. The molecule has 0 aliphatic carbocycles. The molecule has 1 amide bonds.